The summed E-state index contributed by atoms with van der Waals surface area (Å²) in [6.45, 7) is 0. The Morgan fingerprint density at radius 3 is 2.79 bits per heavy atom. The van der Waals surface area contributed by atoms with Crippen molar-refractivity contribution in [2.75, 3.05) is 0 Å². The van der Waals surface area contributed by atoms with E-state index >= 15 is 0 Å². The van der Waals surface area contributed by atoms with Gasteiger partial charge in [-0.1, -0.05) is 36.5 Å². The number of hydrogen-bond acceptors (Lipinski definition) is 1. The zero-order valence-electron chi connectivity index (χ0n) is 8.01. The molecule has 0 radical (unpaired) electrons. The fourth-order valence-corrected chi connectivity index (χ4v) is 1.45. The Morgan fingerprint density at radius 1 is 1.21 bits per heavy atom. The van der Waals surface area contributed by atoms with Crippen molar-refractivity contribution >= 4 is 6.08 Å². The van der Waals surface area contributed by atoms with Crippen LogP contribution in [0.5, 0.6) is 0 Å². The van der Waals surface area contributed by atoms with Gasteiger partial charge in [-0.25, -0.2) is 0 Å². The van der Waals surface area contributed by atoms with Gasteiger partial charge in [-0.3, -0.25) is 4.98 Å². The molecule has 1 aliphatic rings. The van der Waals surface area contributed by atoms with Crippen molar-refractivity contribution in [1.29, 1.82) is 0 Å². The Labute approximate surface area is 84.5 Å². The molecule has 1 aromatic heterocycles. The molecule has 0 bridgehead atoms. The molecule has 70 valence electrons. The third-order valence-electron chi connectivity index (χ3n) is 2.26. The predicted octanol–water partition coefficient (Wildman–Crippen LogP) is 3.23. The second-order valence-corrected chi connectivity index (χ2v) is 3.35. The van der Waals surface area contributed by atoms with Crippen molar-refractivity contribution in [2.45, 2.75) is 6.42 Å². The largest absolute Gasteiger partial charge is 0.265 e. The van der Waals surface area contributed by atoms with Crippen LogP contribution < -0.4 is 0 Å². The number of allylic oxidation sites excluding steroid dienone is 5. The first-order valence-electron chi connectivity index (χ1n) is 4.87. The highest BCUT2D eigenvalue weighted by Gasteiger charge is 1.98. The molecule has 1 atom stereocenters. The van der Waals surface area contributed by atoms with Crippen LogP contribution in [-0.4, -0.2) is 4.98 Å². The van der Waals surface area contributed by atoms with Gasteiger partial charge in [0.05, 0.1) is 0 Å². The van der Waals surface area contributed by atoms with E-state index in [-0.39, 0.29) is 0 Å². The lowest BCUT2D eigenvalue weighted by Crippen LogP contribution is -1.91. The molecule has 1 heterocycles. The molecule has 0 spiro atoms. The minimum absolute atomic E-state index is 0.549. The summed E-state index contributed by atoms with van der Waals surface area (Å²) in [5.41, 5.74) is 1.21. The summed E-state index contributed by atoms with van der Waals surface area (Å²) in [4.78, 5) is 3.98. The summed E-state index contributed by atoms with van der Waals surface area (Å²) in [6.07, 6.45) is 17.7. The van der Waals surface area contributed by atoms with Crippen LogP contribution in [0.3, 0.4) is 0 Å². The maximum atomic E-state index is 3.98. The van der Waals surface area contributed by atoms with Gasteiger partial charge in [-0.2, -0.15) is 0 Å². The molecule has 0 fully saturated rings. The molecule has 1 aromatic rings. The topological polar surface area (TPSA) is 12.9 Å². The third-order valence-corrected chi connectivity index (χ3v) is 2.26. The van der Waals surface area contributed by atoms with E-state index < -0.39 is 0 Å². The Bertz CT molecular complexity index is 360. The van der Waals surface area contributed by atoms with Gasteiger partial charge in [-0.15, -0.1) is 0 Å². The van der Waals surface area contributed by atoms with Crippen molar-refractivity contribution in [3.63, 3.8) is 0 Å². The second-order valence-electron chi connectivity index (χ2n) is 3.35. The molecule has 14 heavy (non-hydrogen) atoms. The van der Waals surface area contributed by atoms with Crippen LogP contribution in [0, 0.1) is 5.92 Å². The molecule has 0 aromatic carbocycles. The summed E-state index contributed by atoms with van der Waals surface area (Å²) < 4.78 is 0. The van der Waals surface area contributed by atoms with Crippen LogP contribution in [0.15, 0.2) is 54.9 Å². The highest BCUT2D eigenvalue weighted by molar-refractivity contribution is 5.48. The van der Waals surface area contributed by atoms with Crippen LogP contribution in [0.1, 0.15) is 12.0 Å². The number of hydrogen-bond donors (Lipinski definition) is 0. The van der Waals surface area contributed by atoms with E-state index in [0.29, 0.717) is 5.92 Å². The van der Waals surface area contributed by atoms with E-state index in [1.54, 1.807) is 0 Å². The molecule has 1 heteroatoms. The van der Waals surface area contributed by atoms with Gasteiger partial charge in [0.25, 0.3) is 0 Å². The first kappa shape index (κ1) is 8.95. The fraction of sp³-hybridized carbons (Fsp3) is 0.154. The third kappa shape index (κ3) is 2.43. The molecule has 1 aliphatic carbocycles. The molecule has 0 saturated heterocycles. The van der Waals surface area contributed by atoms with Crippen molar-refractivity contribution < 1.29 is 0 Å². The van der Waals surface area contributed by atoms with E-state index in [4.69, 9.17) is 0 Å². The van der Waals surface area contributed by atoms with Crippen LogP contribution in [-0.2, 0) is 0 Å². The lowest BCUT2D eigenvalue weighted by molar-refractivity contribution is 0.826. The number of nitrogens with zero attached hydrogens (tertiary/aromatic N) is 1. The summed E-state index contributed by atoms with van der Waals surface area (Å²) >= 11 is 0. The second kappa shape index (κ2) is 4.56. The van der Waals surface area contributed by atoms with Crippen molar-refractivity contribution in [2.24, 2.45) is 5.92 Å². The fourth-order valence-electron chi connectivity index (χ4n) is 1.45. The van der Waals surface area contributed by atoms with Gasteiger partial charge in [0.2, 0.25) is 0 Å². The van der Waals surface area contributed by atoms with Gasteiger partial charge >= 0.3 is 0 Å². The van der Waals surface area contributed by atoms with E-state index in [0.717, 1.165) is 6.42 Å². The minimum Gasteiger partial charge on any atom is -0.265 e. The minimum atomic E-state index is 0.549. The molecule has 0 amide bonds. The smallest absolute Gasteiger partial charge is 0.0273 e. The van der Waals surface area contributed by atoms with E-state index in [1.165, 1.54) is 5.56 Å². The Morgan fingerprint density at radius 2 is 2.07 bits per heavy atom. The van der Waals surface area contributed by atoms with Gasteiger partial charge in [0.1, 0.15) is 0 Å². The number of rotatable bonds is 2. The normalized spacial score (nSPS) is 20.4. The highest BCUT2D eigenvalue weighted by atomic mass is 14.6. The SMILES string of the molecule is C1=CCC(C=Cc2ccncc2)C=C1. The van der Waals surface area contributed by atoms with Crippen molar-refractivity contribution in [3.05, 3.63) is 60.5 Å². The predicted molar refractivity (Wildman–Crippen MR) is 59.7 cm³/mol. The van der Waals surface area contributed by atoms with Crippen LogP contribution in [0.4, 0.5) is 0 Å². The Hall–Kier alpha value is -1.63. The maximum Gasteiger partial charge on any atom is 0.0273 e. The number of aromatic nitrogens is 1. The van der Waals surface area contributed by atoms with E-state index in [1.807, 2.05) is 24.5 Å². The Balaban J connectivity index is 2.01. The first-order chi connectivity index (χ1) is 6.95. The molecule has 0 aliphatic heterocycles. The average Bonchev–Trinajstić information content (AvgIpc) is 2.29. The zero-order chi connectivity index (χ0) is 9.64. The van der Waals surface area contributed by atoms with Crippen LogP contribution in [0.2, 0.25) is 0 Å². The summed E-state index contributed by atoms with van der Waals surface area (Å²) in [5.74, 6) is 0.549. The lowest BCUT2D eigenvalue weighted by Gasteiger charge is -2.06. The molecular weight excluding hydrogens is 170 g/mol. The first-order valence-corrected chi connectivity index (χ1v) is 4.87. The molecule has 2 rings (SSSR count). The highest BCUT2D eigenvalue weighted by Crippen LogP contribution is 2.14. The van der Waals surface area contributed by atoms with Crippen molar-refractivity contribution in [3.8, 4) is 0 Å². The lowest BCUT2D eigenvalue weighted by atomic mass is 10.00. The summed E-state index contributed by atoms with van der Waals surface area (Å²) in [5, 5.41) is 0. The number of pyridine rings is 1. The summed E-state index contributed by atoms with van der Waals surface area (Å²) in [7, 11) is 0. The van der Waals surface area contributed by atoms with Gasteiger partial charge < -0.3 is 0 Å². The van der Waals surface area contributed by atoms with Crippen molar-refractivity contribution in [1.82, 2.24) is 4.98 Å². The van der Waals surface area contributed by atoms with Gasteiger partial charge in [0.15, 0.2) is 0 Å². The molecular formula is C13H13N. The monoisotopic (exact) mass is 183 g/mol. The van der Waals surface area contributed by atoms with E-state index in [2.05, 4.69) is 41.4 Å². The molecule has 1 unspecified atom stereocenters. The van der Waals surface area contributed by atoms with E-state index in [9.17, 15) is 0 Å². The standard InChI is InChI=1S/C13H13N/c1-2-4-12(5-3-1)6-7-13-8-10-14-11-9-13/h1-4,6-12H,5H2. The maximum absolute atomic E-state index is 3.98. The molecule has 1 nitrogen and oxygen atoms in total. The van der Waals surface area contributed by atoms with Gasteiger partial charge in [0, 0.05) is 12.4 Å². The average molecular weight is 183 g/mol. The molecule has 0 saturated carbocycles. The molecule has 0 N–H and O–H groups in total. The zero-order valence-corrected chi connectivity index (χ0v) is 8.01. The van der Waals surface area contributed by atoms with Gasteiger partial charge in [-0.05, 0) is 30.0 Å². The summed E-state index contributed by atoms with van der Waals surface area (Å²) in [6, 6.07) is 4.03. The van der Waals surface area contributed by atoms with Crippen LogP contribution in [0.25, 0.3) is 6.08 Å². The van der Waals surface area contributed by atoms with Crippen LogP contribution >= 0.6 is 0 Å². The quantitative estimate of drug-likeness (QED) is 0.686. The Kier molecular flexibility index (Phi) is 2.92.